The molecule has 0 spiro atoms. The first-order valence-corrected chi connectivity index (χ1v) is 8.91. The minimum Gasteiger partial charge on any atom is -0.328 e. The molecular weight excluding hydrogens is 294 g/mol. The zero-order valence-corrected chi connectivity index (χ0v) is 13.4. The first-order valence-electron chi connectivity index (χ1n) is 7.69. The van der Waals surface area contributed by atoms with E-state index in [-0.39, 0.29) is 0 Å². The summed E-state index contributed by atoms with van der Waals surface area (Å²) in [7, 11) is 0. The Bertz CT molecular complexity index is 820. The third kappa shape index (κ3) is 2.27. The van der Waals surface area contributed by atoms with Crippen molar-refractivity contribution in [3.63, 3.8) is 0 Å². The summed E-state index contributed by atoms with van der Waals surface area (Å²) in [4.78, 5) is 9.11. The quantitative estimate of drug-likeness (QED) is 0.581. The number of benzene rings is 1. The van der Waals surface area contributed by atoms with Crippen molar-refractivity contribution >= 4 is 33.6 Å². The van der Waals surface area contributed by atoms with Gasteiger partial charge < -0.3 is 5.73 Å². The molecule has 0 atom stereocenters. The molecule has 0 amide bonds. The summed E-state index contributed by atoms with van der Waals surface area (Å²) in [6, 6.07) is 4.96. The van der Waals surface area contributed by atoms with E-state index >= 15 is 0 Å². The highest BCUT2D eigenvalue weighted by Crippen LogP contribution is 2.32. The molecule has 5 nitrogen and oxygen atoms in total. The molecule has 3 aromatic rings. The van der Waals surface area contributed by atoms with Crippen LogP contribution in [-0.2, 0) is 0 Å². The van der Waals surface area contributed by atoms with Gasteiger partial charge in [0.15, 0.2) is 5.16 Å². The lowest BCUT2D eigenvalue weighted by Crippen LogP contribution is -2.28. The highest BCUT2D eigenvalue weighted by atomic mass is 32.2. The van der Waals surface area contributed by atoms with Gasteiger partial charge in [-0.3, -0.25) is 4.68 Å². The van der Waals surface area contributed by atoms with Gasteiger partial charge in [0.1, 0.15) is 5.52 Å². The van der Waals surface area contributed by atoms with Gasteiger partial charge in [0.05, 0.1) is 17.8 Å². The Balaban J connectivity index is 1.90. The summed E-state index contributed by atoms with van der Waals surface area (Å²) in [5, 5.41) is 7.68. The molecule has 0 unspecified atom stereocenters. The monoisotopic (exact) mass is 313 g/mol. The number of nitrogens with two attached hydrogens (primary N) is 1. The molecule has 0 aliphatic heterocycles. The Morgan fingerprint density at radius 1 is 1.14 bits per heavy atom. The van der Waals surface area contributed by atoms with Gasteiger partial charge in [-0.05, 0) is 31.9 Å². The molecular formula is C16H19N5S. The molecule has 1 aromatic carbocycles. The second kappa shape index (κ2) is 5.52. The average molecular weight is 313 g/mol. The summed E-state index contributed by atoms with van der Waals surface area (Å²) in [5.41, 5.74) is 8.18. The van der Waals surface area contributed by atoms with Crippen LogP contribution in [0.3, 0.4) is 0 Å². The van der Waals surface area contributed by atoms with Crippen LogP contribution in [0.5, 0.6) is 0 Å². The minimum atomic E-state index is 0.347. The molecule has 6 heteroatoms. The summed E-state index contributed by atoms with van der Waals surface area (Å²) in [5.74, 6) is 0. The van der Waals surface area contributed by atoms with Gasteiger partial charge >= 0.3 is 0 Å². The summed E-state index contributed by atoms with van der Waals surface area (Å²) in [6.07, 6.45) is 10.2. The smallest absolute Gasteiger partial charge is 0.187 e. The predicted molar refractivity (Wildman–Crippen MR) is 90.1 cm³/mol. The second-order valence-corrected chi connectivity index (χ2v) is 6.73. The van der Waals surface area contributed by atoms with E-state index in [1.807, 2.05) is 18.6 Å². The van der Waals surface area contributed by atoms with Crippen LogP contribution in [0.1, 0.15) is 31.7 Å². The first kappa shape index (κ1) is 14.0. The highest BCUT2D eigenvalue weighted by molar-refractivity contribution is 7.98. The molecule has 1 saturated carbocycles. The zero-order chi connectivity index (χ0) is 15.1. The molecule has 1 fully saturated rings. The SMILES string of the molecule is CSc1ncc2ccc3cnn(C4CCC(N)CC4)c3c2n1. The third-order valence-electron chi connectivity index (χ3n) is 4.56. The van der Waals surface area contributed by atoms with Crippen molar-refractivity contribution in [2.24, 2.45) is 5.73 Å². The van der Waals surface area contributed by atoms with E-state index < -0.39 is 0 Å². The van der Waals surface area contributed by atoms with Gasteiger partial charge in [0.25, 0.3) is 0 Å². The Morgan fingerprint density at radius 3 is 2.68 bits per heavy atom. The Hall–Kier alpha value is -1.66. The zero-order valence-electron chi connectivity index (χ0n) is 12.6. The van der Waals surface area contributed by atoms with Crippen LogP contribution in [0.4, 0.5) is 0 Å². The van der Waals surface area contributed by atoms with Gasteiger partial charge in [-0.2, -0.15) is 5.10 Å². The molecule has 0 bridgehead atoms. The number of hydrogen-bond acceptors (Lipinski definition) is 5. The molecule has 2 aromatic heterocycles. The van der Waals surface area contributed by atoms with Gasteiger partial charge in [0, 0.05) is 23.0 Å². The van der Waals surface area contributed by atoms with E-state index in [0.717, 1.165) is 52.6 Å². The predicted octanol–water partition coefficient (Wildman–Crippen LogP) is 3.14. The Labute approximate surface area is 133 Å². The van der Waals surface area contributed by atoms with E-state index in [1.165, 1.54) is 0 Å². The lowest BCUT2D eigenvalue weighted by atomic mass is 9.92. The summed E-state index contributed by atoms with van der Waals surface area (Å²) in [6.45, 7) is 0. The molecule has 0 radical (unpaired) electrons. The fraction of sp³-hybridized carbons (Fsp3) is 0.438. The van der Waals surface area contributed by atoms with Gasteiger partial charge in [0.2, 0.25) is 0 Å². The summed E-state index contributed by atoms with van der Waals surface area (Å²) < 4.78 is 2.17. The average Bonchev–Trinajstić information content (AvgIpc) is 2.99. The van der Waals surface area contributed by atoms with Crippen molar-refractivity contribution in [2.75, 3.05) is 6.26 Å². The van der Waals surface area contributed by atoms with Crippen LogP contribution in [-0.4, -0.2) is 32.0 Å². The lowest BCUT2D eigenvalue weighted by Gasteiger charge is -2.27. The molecule has 1 aliphatic rings. The van der Waals surface area contributed by atoms with Crippen LogP contribution < -0.4 is 5.73 Å². The summed E-state index contributed by atoms with van der Waals surface area (Å²) >= 11 is 1.57. The van der Waals surface area contributed by atoms with Crippen LogP contribution in [0.15, 0.2) is 29.7 Å². The normalized spacial score (nSPS) is 22.5. The maximum Gasteiger partial charge on any atom is 0.187 e. The van der Waals surface area contributed by atoms with Crippen LogP contribution in [0.25, 0.3) is 21.8 Å². The van der Waals surface area contributed by atoms with E-state index in [0.29, 0.717) is 12.1 Å². The van der Waals surface area contributed by atoms with Crippen molar-refractivity contribution in [1.82, 2.24) is 19.7 Å². The van der Waals surface area contributed by atoms with Crippen LogP contribution in [0, 0.1) is 0 Å². The number of hydrogen-bond donors (Lipinski definition) is 1. The number of rotatable bonds is 2. The van der Waals surface area contributed by atoms with E-state index in [4.69, 9.17) is 10.7 Å². The van der Waals surface area contributed by atoms with Gasteiger partial charge in [-0.15, -0.1) is 0 Å². The van der Waals surface area contributed by atoms with Crippen LogP contribution in [0.2, 0.25) is 0 Å². The number of nitrogens with zero attached hydrogens (tertiary/aromatic N) is 4. The molecule has 22 heavy (non-hydrogen) atoms. The van der Waals surface area contributed by atoms with E-state index in [9.17, 15) is 0 Å². The van der Waals surface area contributed by atoms with Crippen molar-refractivity contribution < 1.29 is 0 Å². The van der Waals surface area contributed by atoms with Crippen molar-refractivity contribution in [2.45, 2.75) is 42.9 Å². The number of aromatic nitrogens is 4. The Morgan fingerprint density at radius 2 is 1.91 bits per heavy atom. The fourth-order valence-electron chi connectivity index (χ4n) is 3.33. The maximum absolute atomic E-state index is 6.04. The second-order valence-electron chi connectivity index (χ2n) is 5.96. The topological polar surface area (TPSA) is 69.6 Å². The molecule has 4 rings (SSSR count). The molecule has 114 valence electrons. The van der Waals surface area contributed by atoms with Crippen molar-refractivity contribution in [3.8, 4) is 0 Å². The third-order valence-corrected chi connectivity index (χ3v) is 5.12. The Kier molecular flexibility index (Phi) is 3.50. The molecule has 1 aliphatic carbocycles. The van der Waals surface area contributed by atoms with Gasteiger partial charge in [-0.25, -0.2) is 9.97 Å². The van der Waals surface area contributed by atoms with Crippen LogP contribution >= 0.6 is 11.8 Å². The van der Waals surface area contributed by atoms with Gasteiger partial charge in [-0.1, -0.05) is 23.9 Å². The lowest BCUT2D eigenvalue weighted by molar-refractivity contribution is 0.311. The first-order chi connectivity index (χ1) is 10.8. The molecule has 0 saturated heterocycles. The number of thioether (sulfide) groups is 1. The molecule has 2 N–H and O–H groups in total. The standard InChI is InChI=1S/C16H19N5S/c1-22-16-18-8-10-2-3-11-9-19-21(15(11)14(10)20-16)13-6-4-12(17)5-7-13/h2-3,8-9,12-13H,4-7,17H2,1H3. The fourth-order valence-corrected chi connectivity index (χ4v) is 3.67. The van der Waals surface area contributed by atoms with E-state index in [1.54, 1.807) is 11.8 Å². The molecule has 2 heterocycles. The van der Waals surface area contributed by atoms with E-state index in [2.05, 4.69) is 26.9 Å². The van der Waals surface area contributed by atoms with Crippen molar-refractivity contribution in [1.29, 1.82) is 0 Å². The number of fused-ring (bicyclic) bond motifs is 3. The maximum atomic E-state index is 6.04. The highest BCUT2D eigenvalue weighted by Gasteiger charge is 2.23. The minimum absolute atomic E-state index is 0.347. The van der Waals surface area contributed by atoms with Crippen molar-refractivity contribution in [3.05, 3.63) is 24.5 Å². The largest absolute Gasteiger partial charge is 0.328 e.